The first kappa shape index (κ1) is 29.8. The average Bonchev–Trinajstić information content (AvgIpc) is 3.18. The van der Waals surface area contributed by atoms with Crippen molar-refractivity contribution >= 4 is 37.8 Å². The standard InChI is InChI=1S/C33H39Br2NO3/c1-2-3-4-5-6-9-19-33(20-10-7-8-11-21-39-31-14-12-13-30(36-31)32(37)38)28-22-24(34)15-17-26(28)27-18-16-25(35)23-29(27)33/h12-18,22-23H,2-11,19-21H2,1H3,(H,37,38). The molecule has 1 aromatic heterocycles. The fourth-order valence-electron chi connectivity index (χ4n) is 5.98. The Hall–Kier alpha value is -2.18. The number of carboxylic acids is 1. The number of aromatic carboxylic acids is 1. The van der Waals surface area contributed by atoms with Gasteiger partial charge in [-0.15, -0.1) is 0 Å². The molecule has 0 fully saturated rings. The van der Waals surface area contributed by atoms with Crippen molar-refractivity contribution in [1.82, 2.24) is 4.98 Å². The molecule has 0 unspecified atom stereocenters. The third-order valence-corrected chi connectivity index (χ3v) is 8.92. The SMILES string of the molecule is CCCCCCCCC1(CCCCCCOc2cccc(C(=O)O)n2)c2cc(Br)ccc2-c2ccc(Br)cc21. The molecule has 0 atom stereocenters. The second kappa shape index (κ2) is 14.5. The first-order valence-electron chi connectivity index (χ1n) is 14.4. The number of unbranched alkanes of at least 4 members (excludes halogenated alkanes) is 8. The molecule has 1 aliphatic carbocycles. The zero-order valence-electron chi connectivity index (χ0n) is 22.9. The van der Waals surface area contributed by atoms with E-state index in [2.05, 4.69) is 80.2 Å². The molecular formula is C33H39Br2NO3. The number of carbonyl (C=O) groups is 1. The lowest BCUT2D eigenvalue weighted by Gasteiger charge is -2.33. The van der Waals surface area contributed by atoms with Crippen LogP contribution in [-0.4, -0.2) is 22.7 Å². The average molecular weight is 657 g/mol. The predicted octanol–water partition coefficient (Wildman–Crippen LogP) is 10.4. The fourth-order valence-corrected chi connectivity index (χ4v) is 6.71. The van der Waals surface area contributed by atoms with E-state index in [0.717, 1.165) is 41.0 Å². The van der Waals surface area contributed by atoms with Crippen LogP contribution >= 0.6 is 31.9 Å². The van der Waals surface area contributed by atoms with Crippen LogP contribution in [0.4, 0.5) is 0 Å². The lowest BCUT2D eigenvalue weighted by molar-refractivity contribution is 0.0689. The third kappa shape index (κ3) is 7.52. The van der Waals surface area contributed by atoms with Crippen molar-refractivity contribution < 1.29 is 14.6 Å². The van der Waals surface area contributed by atoms with Crippen LogP contribution < -0.4 is 4.74 Å². The molecule has 4 nitrogen and oxygen atoms in total. The normalized spacial score (nSPS) is 13.2. The van der Waals surface area contributed by atoms with Crippen LogP contribution in [0.5, 0.6) is 5.88 Å². The van der Waals surface area contributed by atoms with Crippen molar-refractivity contribution in [1.29, 1.82) is 0 Å². The van der Waals surface area contributed by atoms with E-state index in [0.29, 0.717) is 12.5 Å². The van der Waals surface area contributed by atoms with Crippen molar-refractivity contribution in [3.05, 3.63) is 80.4 Å². The van der Waals surface area contributed by atoms with Crippen LogP contribution in [0.15, 0.2) is 63.5 Å². The zero-order valence-corrected chi connectivity index (χ0v) is 26.0. The molecule has 0 saturated heterocycles. The van der Waals surface area contributed by atoms with E-state index in [1.165, 1.54) is 73.3 Å². The molecule has 0 amide bonds. The lowest BCUT2D eigenvalue weighted by atomic mass is 9.70. The topological polar surface area (TPSA) is 59.4 Å². The summed E-state index contributed by atoms with van der Waals surface area (Å²) in [7, 11) is 0. The number of hydrogen-bond acceptors (Lipinski definition) is 3. The number of hydrogen-bond donors (Lipinski definition) is 1. The third-order valence-electron chi connectivity index (χ3n) is 7.93. The molecule has 0 aliphatic heterocycles. The van der Waals surface area contributed by atoms with E-state index in [-0.39, 0.29) is 11.1 Å². The highest BCUT2D eigenvalue weighted by Gasteiger charge is 2.42. The van der Waals surface area contributed by atoms with Gasteiger partial charge < -0.3 is 9.84 Å². The quantitative estimate of drug-likeness (QED) is 0.156. The Balaban J connectivity index is 1.40. The summed E-state index contributed by atoms with van der Waals surface area (Å²) in [4.78, 5) is 15.2. The maximum atomic E-state index is 11.1. The highest BCUT2D eigenvalue weighted by atomic mass is 79.9. The minimum absolute atomic E-state index is 0.0126. The van der Waals surface area contributed by atoms with Crippen LogP contribution in [0.25, 0.3) is 11.1 Å². The minimum atomic E-state index is -1.04. The van der Waals surface area contributed by atoms with Gasteiger partial charge in [0.2, 0.25) is 5.88 Å². The number of pyridine rings is 1. The number of nitrogens with zero attached hydrogens (tertiary/aromatic N) is 1. The van der Waals surface area contributed by atoms with Crippen LogP contribution in [0.2, 0.25) is 0 Å². The number of rotatable bonds is 16. The van der Waals surface area contributed by atoms with Crippen molar-refractivity contribution in [2.24, 2.45) is 0 Å². The van der Waals surface area contributed by atoms with E-state index in [1.54, 1.807) is 12.1 Å². The summed E-state index contributed by atoms with van der Waals surface area (Å²) in [6.45, 7) is 2.82. The second-order valence-electron chi connectivity index (χ2n) is 10.7. The Labute approximate surface area is 249 Å². The summed E-state index contributed by atoms with van der Waals surface area (Å²) in [5.41, 5.74) is 5.78. The zero-order chi connectivity index (χ0) is 27.7. The summed E-state index contributed by atoms with van der Waals surface area (Å²) in [5, 5.41) is 9.12. The molecule has 0 spiro atoms. The van der Waals surface area contributed by atoms with Gasteiger partial charge in [-0.1, -0.05) is 115 Å². The summed E-state index contributed by atoms with van der Waals surface area (Å²) in [6.07, 6.45) is 14.4. The molecule has 6 heteroatoms. The van der Waals surface area contributed by atoms with E-state index >= 15 is 0 Å². The first-order valence-corrected chi connectivity index (χ1v) is 16.0. The minimum Gasteiger partial charge on any atom is -0.478 e. The van der Waals surface area contributed by atoms with Gasteiger partial charge in [0.15, 0.2) is 5.69 Å². The van der Waals surface area contributed by atoms with Gasteiger partial charge in [0.1, 0.15) is 0 Å². The highest BCUT2D eigenvalue weighted by Crippen LogP contribution is 2.55. The maximum Gasteiger partial charge on any atom is 0.354 e. The molecular weight excluding hydrogens is 618 g/mol. The van der Waals surface area contributed by atoms with Gasteiger partial charge in [0.05, 0.1) is 6.61 Å². The lowest BCUT2D eigenvalue weighted by Crippen LogP contribution is -2.25. The Morgan fingerprint density at radius 2 is 1.36 bits per heavy atom. The Kier molecular flexibility index (Phi) is 11.0. The van der Waals surface area contributed by atoms with Crippen molar-refractivity contribution in [2.75, 3.05) is 6.61 Å². The molecule has 3 aromatic rings. The van der Waals surface area contributed by atoms with Gasteiger partial charge in [0.25, 0.3) is 0 Å². The first-order chi connectivity index (χ1) is 18.9. The fraction of sp³-hybridized carbons (Fsp3) is 0.455. The molecule has 208 valence electrons. The monoisotopic (exact) mass is 655 g/mol. The smallest absolute Gasteiger partial charge is 0.354 e. The highest BCUT2D eigenvalue weighted by molar-refractivity contribution is 9.10. The maximum absolute atomic E-state index is 11.1. The van der Waals surface area contributed by atoms with E-state index in [1.807, 2.05) is 0 Å². The summed E-state index contributed by atoms with van der Waals surface area (Å²) < 4.78 is 8.03. The summed E-state index contributed by atoms with van der Waals surface area (Å²) >= 11 is 7.53. The van der Waals surface area contributed by atoms with Crippen LogP contribution in [0, 0.1) is 0 Å². The summed E-state index contributed by atoms with van der Waals surface area (Å²) in [6, 6.07) is 18.5. The van der Waals surface area contributed by atoms with Gasteiger partial charge in [-0.2, -0.15) is 0 Å². The van der Waals surface area contributed by atoms with Gasteiger partial charge in [-0.25, -0.2) is 9.78 Å². The Morgan fingerprint density at radius 3 is 1.95 bits per heavy atom. The van der Waals surface area contributed by atoms with Crippen LogP contribution in [0.3, 0.4) is 0 Å². The van der Waals surface area contributed by atoms with E-state index < -0.39 is 5.97 Å². The van der Waals surface area contributed by atoms with Gasteiger partial charge in [-0.05, 0) is 71.8 Å². The van der Waals surface area contributed by atoms with Crippen molar-refractivity contribution in [3.8, 4) is 17.0 Å². The number of carboxylic acid groups (broad SMARTS) is 1. The molecule has 0 saturated carbocycles. The molecule has 2 aromatic carbocycles. The van der Waals surface area contributed by atoms with E-state index in [9.17, 15) is 4.79 Å². The number of aromatic nitrogens is 1. The number of ether oxygens (including phenoxy) is 1. The Bertz CT molecular complexity index is 1210. The van der Waals surface area contributed by atoms with Crippen molar-refractivity contribution in [2.45, 2.75) is 89.4 Å². The largest absolute Gasteiger partial charge is 0.478 e. The van der Waals surface area contributed by atoms with Crippen LogP contribution in [0.1, 0.15) is 106 Å². The van der Waals surface area contributed by atoms with Gasteiger partial charge in [-0.3, -0.25) is 0 Å². The molecule has 1 heterocycles. The van der Waals surface area contributed by atoms with Crippen LogP contribution in [-0.2, 0) is 5.41 Å². The molecule has 0 radical (unpaired) electrons. The molecule has 1 N–H and O–H groups in total. The van der Waals surface area contributed by atoms with E-state index in [4.69, 9.17) is 9.84 Å². The summed E-state index contributed by atoms with van der Waals surface area (Å²) in [5.74, 6) is -0.660. The Morgan fingerprint density at radius 1 is 0.795 bits per heavy atom. The van der Waals surface area contributed by atoms with Gasteiger partial charge in [0, 0.05) is 20.4 Å². The predicted molar refractivity (Wildman–Crippen MR) is 166 cm³/mol. The number of benzene rings is 2. The molecule has 1 aliphatic rings. The molecule has 0 bridgehead atoms. The number of halogens is 2. The van der Waals surface area contributed by atoms with Gasteiger partial charge >= 0.3 is 5.97 Å². The molecule has 4 rings (SSSR count). The second-order valence-corrected chi connectivity index (χ2v) is 12.5. The number of fused-ring (bicyclic) bond motifs is 3. The molecule has 39 heavy (non-hydrogen) atoms. The van der Waals surface area contributed by atoms with Crippen molar-refractivity contribution in [3.63, 3.8) is 0 Å².